The molecule has 0 aliphatic heterocycles. The van der Waals surface area contributed by atoms with Crippen molar-refractivity contribution in [3.8, 4) is 0 Å². The Morgan fingerprint density at radius 2 is 1.06 bits per heavy atom. The van der Waals surface area contributed by atoms with Crippen molar-refractivity contribution < 1.29 is 0 Å². The fourth-order valence-electron chi connectivity index (χ4n) is 3.67. The van der Waals surface area contributed by atoms with Gasteiger partial charge in [-0.3, -0.25) is 0 Å². The van der Waals surface area contributed by atoms with Gasteiger partial charge in [-0.05, 0) is 0 Å². The molecule has 0 radical (unpaired) electrons. The molecule has 2 heteroatoms. The Kier molecular flexibility index (Phi) is 6.16. The molecular weight excluding hydrogens is 273 g/mol. The summed E-state index contributed by atoms with van der Waals surface area (Å²) in [5, 5.41) is 0. The molecule has 0 atom stereocenters. The first-order valence-corrected chi connectivity index (χ1v) is 14.1. The van der Waals surface area contributed by atoms with Crippen LogP contribution in [0, 0.1) is 11.8 Å². The molecular formula is C14H26ClGa. The van der Waals surface area contributed by atoms with Crippen LogP contribution in [0.25, 0.3) is 0 Å². The average Bonchev–Trinajstić information content (AvgIpc) is 2.31. The van der Waals surface area contributed by atoms with E-state index in [-0.39, 0.29) is 0 Å². The average molecular weight is 300 g/mol. The van der Waals surface area contributed by atoms with Crippen molar-refractivity contribution in [3.05, 3.63) is 0 Å². The summed E-state index contributed by atoms with van der Waals surface area (Å²) < 4.78 is 0. The minimum atomic E-state index is -1.35. The van der Waals surface area contributed by atoms with Crippen LogP contribution in [0.5, 0.6) is 0 Å². The van der Waals surface area contributed by atoms with Gasteiger partial charge in [0.1, 0.15) is 0 Å². The maximum absolute atomic E-state index is 6.74. The van der Waals surface area contributed by atoms with Crippen molar-refractivity contribution in [3.63, 3.8) is 0 Å². The molecule has 0 N–H and O–H groups in total. The van der Waals surface area contributed by atoms with Crippen LogP contribution in [-0.2, 0) is 0 Å². The molecule has 0 spiro atoms. The molecule has 92 valence electrons. The van der Waals surface area contributed by atoms with E-state index in [1.807, 2.05) is 0 Å². The predicted molar refractivity (Wildman–Crippen MR) is 74.4 cm³/mol. The summed E-state index contributed by atoms with van der Waals surface area (Å²) in [5.41, 5.74) is 0. The Morgan fingerprint density at radius 3 is 1.44 bits per heavy atom. The first kappa shape index (κ1) is 13.4. The maximum atomic E-state index is 6.74. The third-order valence-corrected chi connectivity index (χ3v) is 11.4. The van der Waals surface area contributed by atoms with Gasteiger partial charge in [-0.15, -0.1) is 0 Å². The second kappa shape index (κ2) is 7.38. The summed E-state index contributed by atoms with van der Waals surface area (Å²) >= 11 is -1.35. The standard InChI is InChI=1S/2C7H13.ClH.Ga/c2*1-7-5-3-2-4-6-7;;/h2*7H,1-6H2;1H;/q;;;+1/p-1. The molecule has 0 saturated heterocycles. The zero-order valence-electron chi connectivity index (χ0n) is 10.6. The van der Waals surface area contributed by atoms with Crippen molar-refractivity contribution >= 4 is 24.9 Å². The van der Waals surface area contributed by atoms with E-state index < -0.39 is 15.2 Å². The summed E-state index contributed by atoms with van der Waals surface area (Å²) in [5.74, 6) is 2.08. The molecule has 0 aromatic heterocycles. The van der Waals surface area contributed by atoms with Gasteiger partial charge in [0.2, 0.25) is 0 Å². The van der Waals surface area contributed by atoms with Crippen molar-refractivity contribution in [1.29, 1.82) is 0 Å². The van der Waals surface area contributed by atoms with Crippen molar-refractivity contribution in [2.24, 2.45) is 11.8 Å². The van der Waals surface area contributed by atoms with Gasteiger partial charge in [0.15, 0.2) is 0 Å². The molecule has 2 aliphatic carbocycles. The van der Waals surface area contributed by atoms with E-state index in [2.05, 4.69) is 0 Å². The fraction of sp³-hybridized carbons (Fsp3) is 1.00. The second-order valence-corrected chi connectivity index (χ2v) is 13.8. The zero-order valence-corrected chi connectivity index (χ0v) is 13.8. The van der Waals surface area contributed by atoms with E-state index in [0.29, 0.717) is 0 Å². The third kappa shape index (κ3) is 4.66. The third-order valence-electron chi connectivity index (χ3n) is 4.63. The van der Waals surface area contributed by atoms with Crippen molar-refractivity contribution in [2.45, 2.75) is 74.2 Å². The van der Waals surface area contributed by atoms with E-state index >= 15 is 0 Å². The van der Waals surface area contributed by atoms with E-state index in [9.17, 15) is 0 Å². The Bertz CT molecular complexity index is 163. The molecule has 2 saturated carbocycles. The summed E-state index contributed by atoms with van der Waals surface area (Å²) in [4.78, 5) is 2.98. The van der Waals surface area contributed by atoms with Gasteiger partial charge in [0, 0.05) is 0 Å². The van der Waals surface area contributed by atoms with Crippen LogP contribution < -0.4 is 0 Å². The molecule has 2 fully saturated rings. The van der Waals surface area contributed by atoms with Crippen LogP contribution in [0.15, 0.2) is 0 Å². The van der Waals surface area contributed by atoms with Gasteiger partial charge in [-0.25, -0.2) is 0 Å². The van der Waals surface area contributed by atoms with Crippen LogP contribution in [0.2, 0.25) is 9.95 Å². The van der Waals surface area contributed by atoms with Gasteiger partial charge >= 0.3 is 111 Å². The summed E-state index contributed by atoms with van der Waals surface area (Å²) in [6.07, 6.45) is 14.9. The van der Waals surface area contributed by atoms with Crippen molar-refractivity contribution in [1.82, 2.24) is 0 Å². The van der Waals surface area contributed by atoms with Gasteiger partial charge < -0.3 is 0 Å². The van der Waals surface area contributed by atoms with Crippen LogP contribution >= 0.6 is 9.64 Å². The van der Waals surface area contributed by atoms with E-state index in [0.717, 1.165) is 11.8 Å². The number of hydrogen-bond donors (Lipinski definition) is 0. The second-order valence-electron chi connectivity index (χ2n) is 6.08. The topological polar surface area (TPSA) is 0 Å². The predicted octanol–water partition coefficient (Wildman–Crippen LogP) is 5.38. The molecule has 0 bridgehead atoms. The molecule has 0 amide bonds. The fourth-order valence-corrected chi connectivity index (χ4v) is 11.7. The number of rotatable bonds is 4. The van der Waals surface area contributed by atoms with E-state index in [1.165, 1.54) is 74.2 Å². The Hall–Kier alpha value is 0.926. The first-order chi connectivity index (χ1) is 7.84. The van der Waals surface area contributed by atoms with Gasteiger partial charge in [0.25, 0.3) is 0 Å². The molecule has 2 aliphatic rings. The molecule has 16 heavy (non-hydrogen) atoms. The van der Waals surface area contributed by atoms with E-state index in [4.69, 9.17) is 9.64 Å². The van der Waals surface area contributed by atoms with Gasteiger partial charge in [-0.1, -0.05) is 0 Å². The van der Waals surface area contributed by atoms with Gasteiger partial charge in [0.05, 0.1) is 0 Å². The van der Waals surface area contributed by atoms with Crippen LogP contribution in [-0.4, -0.2) is 15.2 Å². The molecule has 0 unspecified atom stereocenters. The van der Waals surface area contributed by atoms with Crippen molar-refractivity contribution in [2.75, 3.05) is 0 Å². The zero-order chi connectivity index (χ0) is 11.2. The Morgan fingerprint density at radius 1 is 0.688 bits per heavy atom. The number of halogens is 1. The summed E-state index contributed by atoms with van der Waals surface area (Å²) in [6, 6.07) is 0. The van der Waals surface area contributed by atoms with Crippen LogP contribution in [0.3, 0.4) is 0 Å². The molecule has 2 rings (SSSR count). The summed E-state index contributed by atoms with van der Waals surface area (Å²) in [7, 11) is 6.74. The molecule has 0 nitrogen and oxygen atoms in total. The SMILES string of the molecule is [Cl][Ga]([CH2]C1CCCCC1)[CH2]C1CCCCC1. The number of hydrogen-bond acceptors (Lipinski definition) is 0. The normalized spacial score (nSPS) is 24.6. The first-order valence-electron chi connectivity index (χ1n) is 7.48. The Balaban J connectivity index is 1.64. The van der Waals surface area contributed by atoms with E-state index in [1.54, 1.807) is 0 Å². The molecule has 0 heterocycles. The molecule has 0 aromatic carbocycles. The monoisotopic (exact) mass is 298 g/mol. The van der Waals surface area contributed by atoms with Crippen LogP contribution in [0.1, 0.15) is 64.2 Å². The minimum absolute atomic E-state index is 1.04. The summed E-state index contributed by atoms with van der Waals surface area (Å²) in [6.45, 7) is 0. The quantitative estimate of drug-likeness (QED) is 0.612. The van der Waals surface area contributed by atoms with Crippen LogP contribution in [0.4, 0.5) is 0 Å². The Labute approximate surface area is 111 Å². The molecule has 0 aromatic rings. The van der Waals surface area contributed by atoms with Gasteiger partial charge in [-0.2, -0.15) is 0 Å².